The Morgan fingerprint density at radius 1 is 1.44 bits per heavy atom. The van der Waals surface area contributed by atoms with Crippen molar-refractivity contribution in [2.45, 2.75) is 19.3 Å². The maximum absolute atomic E-state index is 11.7. The summed E-state index contributed by atoms with van der Waals surface area (Å²) in [6.45, 7) is 2.52. The molecule has 16 heavy (non-hydrogen) atoms. The Hall–Kier alpha value is -1.36. The number of anilines is 1. The lowest BCUT2D eigenvalue weighted by atomic mass is 10.3. The molecule has 0 aromatic carbocycles. The van der Waals surface area contributed by atoms with Crippen molar-refractivity contribution in [2.75, 3.05) is 24.5 Å². The minimum absolute atomic E-state index is 0.000324. The minimum Gasteiger partial charge on any atom is -0.356 e. The molecule has 2 rings (SSSR count). The number of hydrogen-bond acceptors (Lipinski definition) is 4. The van der Waals surface area contributed by atoms with E-state index in [0.29, 0.717) is 13.0 Å². The zero-order valence-electron chi connectivity index (χ0n) is 9.65. The number of nitrogens with two attached hydrogens (primary N) is 1. The average molecular weight is 222 g/mol. The second-order valence-electron chi connectivity index (χ2n) is 4.16. The maximum atomic E-state index is 11.7. The van der Waals surface area contributed by atoms with Crippen molar-refractivity contribution >= 4 is 5.82 Å². The Morgan fingerprint density at radius 3 is 2.75 bits per heavy atom. The largest absolute Gasteiger partial charge is 0.356 e. The lowest BCUT2D eigenvalue weighted by molar-refractivity contribution is 0.711. The lowest BCUT2D eigenvalue weighted by Crippen LogP contribution is -2.28. The van der Waals surface area contributed by atoms with Crippen LogP contribution in [0.3, 0.4) is 0 Å². The quantitative estimate of drug-likeness (QED) is 0.774. The summed E-state index contributed by atoms with van der Waals surface area (Å²) >= 11 is 0. The molecule has 0 atom stereocenters. The van der Waals surface area contributed by atoms with Crippen LogP contribution in [0.2, 0.25) is 0 Å². The average Bonchev–Trinajstić information content (AvgIpc) is 2.78. The molecular weight excluding hydrogens is 204 g/mol. The van der Waals surface area contributed by atoms with Gasteiger partial charge in [0.25, 0.3) is 5.56 Å². The first-order valence-corrected chi connectivity index (χ1v) is 5.74. The van der Waals surface area contributed by atoms with Crippen LogP contribution >= 0.6 is 0 Å². The Balaban J connectivity index is 2.35. The Morgan fingerprint density at radius 2 is 2.12 bits per heavy atom. The van der Waals surface area contributed by atoms with Crippen LogP contribution < -0.4 is 16.2 Å². The molecule has 2 heterocycles. The van der Waals surface area contributed by atoms with E-state index >= 15 is 0 Å². The first-order valence-electron chi connectivity index (χ1n) is 5.74. The van der Waals surface area contributed by atoms with Gasteiger partial charge in [-0.05, 0) is 19.4 Å². The van der Waals surface area contributed by atoms with Crippen molar-refractivity contribution < 1.29 is 0 Å². The molecule has 1 aromatic heterocycles. The number of rotatable bonds is 3. The smallest absolute Gasteiger partial charge is 0.255 e. The first kappa shape index (κ1) is 11.1. The molecule has 0 bridgehead atoms. The summed E-state index contributed by atoms with van der Waals surface area (Å²) < 4.78 is 1.58. The monoisotopic (exact) mass is 222 g/mol. The van der Waals surface area contributed by atoms with Crippen LogP contribution in [0.15, 0.2) is 10.9 Å². The highest BCUT2D eigenvalue weighted by atomic mass is 16.1. The van der Waals surface area contributed by atoms with Gasteiger partial charge in [0.05, 0.1) is 0 Å². The van der Waals surface area contributed by atoms with Crippen LogP contribution in [-0.2, 0) is 13.5 Å². The molecule has 1 fully saturated rings. The van der Waals surface area contributed by atoms with Gasteiger partial charge in [-0.1, -0.05) is 0 Å². The molecule has 0 spiro atoms. The summed E-state index contributed by atoms with van der Waals surface area (Å²) in [6.07, 6.45) is 3.01. The van der Waals surface area contributed by atoms with Crippen molar-refractivity contribution in [2.24, 2.45) is 12.8 Å². The third kappa shape index (κ3) is 2.09. The van der Waals surface area contributed by atoms with Gasteiger partial charge in [-0.25, -0.2) is 4.98 Å². The maximum Gasteiger partial charge on any atom is 0.255 e. The molecule has 1 saturated heterocycles. The summed E-state index contributed by atoms with van der Waals surface area (Å²) in [5, 5.41) is 0. The minimum atomic E-state index is 0.000324. The van der Waals surface area contributed by atoms with Crippen LogP contribution in [0.25, 0.3) is 0 Å². The second-order valence-corrected chi connectivity index (χ2v) is 4.16. The summed E-state index contributed by atoms with van der Waals surface area (Å²) in [7, 11) is 1.74. The van der Waals surface area contributed by atoms with E-state index in [4.69, 9.17) is 5.73 Å². The van der Waals surface area contributed by atoms with E-state index in [-0.39, 0.29) is 5.56 Å². The van der Waals surface area contributed by atoms with Crippen molar-refractivity contribution in [3.8, 4) is 0 Å². The second kappa shape index (κ2) is 4.65. The topological polar surface area (TPSA) is 64.2 Å². The molecule has 0 aliphatic carbocycles. The van der Waals surface area contributed by atoms with E-state index in [2.05, 4.69) is 9.88 Å². The van der Waals surface area contributed by atoms with E-state index in [1.807, 2.05) is 0 Å². The molecule has 0 saturated carbocycles. The van der Waals surface area contributed by atoms with Gasteiger partial charge in [0.2, 0.25) is 0 Å². The van der Waals surface area contributed by atoms with Gasteiger partial charge in [0, 0.05) is 32.6 Å². The molecule has 1 aliphatic rings. The van der Waals surface area contributed by atoms with Gasteiger partial charge >= 0.3 is 0 Å². The fourth-order valence-corrected chi connectivity index (χ4v) is 2.03. The van der Waals surface area contributed by atoms with Crippen molar-refractivity contribution in [3.63, 3.8) is 0 Å². The van der Waals surface area contributed by atoms with Gasteiger partial charge in [-0.15, -0.1) is 0 Å². The van der Waals surface area contributed by atoms with Gasteiger partial charge in [0.15, 0.2) is 0 Å². The molecule has 1 aliphatic heterocycles. The highest BCUT2D eigenvalue weighted by Gasteiger charge is 2.15. The first-order chi connectivity index (χ1) is 7.72. The van der Waals surface area contributed by atoms with E-state index in [1.54, 1.807) is 17.7 Å². The molecule has 0 unspecified atom stereocenters. The molecular formula is C11H18N4O. The molecule has 2 N–H and O–H groups in total. The number of aromatic nitrogens is 2. The zero-order chi connectivity index (χ0) is 11.5. The fraction of sp³-hybridized carbons (Fsp3) is 0.636. The predicted molar refractivity (Wildman–Crippen MR) is 63.7 cm³/mol. The Labute approximate surface area is 94.9 Å². The van der Waals surface area contributed by atoms with Crippen LogP contribution in [0, 0.1) is 0 Å². The fourth-order valence-electron chi connectivity index (χ4n) is 2.03. The van der Waals surface area contributed by atoms with Crippen molar-refractivity contribution in [1.29, 1.82) is 0 Å². The third-order valence-corrected chi connectivity index (χ3v) is 3.01. The van der Waals surface area contributed by atoms with Crippen LogP contribution in [0.4, 0.5) is 5.82 Å². The van der Waals surface area contributed by atoms with E-state index in [1.165, 1.54) is 12.8 Å². The van der Waals surface area contributed by atoms with E-state index < -0.39 is 0 Å². The SMILES string of the molecule is Cn1c(CCN)nc(N2CCCC2)cc1=O. The van der Waals surface area contributed by atoms with E-state index in [0.717, 1.165) is 24.7 Å². The van der Waals surface area contributed by atoms with Gasteiger partial charge < -0.3 is 10.6 Å². The standard InChI is InChI=1S/C11H18N4O/c1-14-9(4-5-12)13-10(8-11(14)16)15-6-2-3-7-15/h8H,2-7,12H2,1H3. The molecule has 0 radical (unpaired) electrons. The summed E-state index contributed by atoms with van der Waals surface area (Å²) in [6, 6.07) is 1.62. The summed E-state index contributed by atoms with van der Waals surface area (Å²) in [5.74, 6) is 1.58. The Bertz CT molecular complexity index is 420. The third-order valence-electron chi connectivity index (χ3n) is 3.01. The summed E-state index contributed by atoms with van der Waals surface area (Å²) in [5.41, 5.74) is 5.51. The van der Waals surface area contributed by atoms with Gasteiger partial charge in [0.1, 0.15) is 11.6 Å². The van der Waals surface area contributed by atoms with Crippen LogP contribution in [0.1, 0.15) is 18.7 Å². The van der Waals surface area contributed by atoms with E-state index in [9.17, 15) is 4.79 Å². The highest BCUT2D eigenvalue weighted by Crippen LogP contribution is 2.16. The molecule has 88 valence electrons. The highest BCUT2D eigenvalue weighted by molar-refractivity contribution is 5.38. The van der Waals surface area contributed by atoms with Crippen LogP contribution in [0.5, 0.6) is 0 Å². The molecule has 1 aromatic rings. The normalized spacial score (nSPS) is 15.8. The molecule has 0 amide bonds. The van der Waals surface area contributed by atoms with Gasteiger partial charge in [-0.3, -0.25) is 9.36 Å². The zero-order valence-corrected chi connectivity index (χ0v) is 9.65. The van der Waals surface area contributed by atoms with Crippen molar-refractivity contribution in [1.82, 2.24) is 9.55 Å². The molecule has 5 nitrogen and oxygen atoms in total. The number of hydrogen-bond donors (Lipinski definition) is 1. The van der Waals surface area contributed by atoms with Gasteiger partial charge in [-0.2, -0.15) is 0 Å². The lowest BCUT2D eigenvalue weighted by Gasteiger charge is -2.17. The number of nitrogens with zero attached hydrogens (tertiary/aromatic N) is 3. The van der Waals surface area contributed by atoms with Crippen LogP contribution in [-0.4, -0.2) is 29.2 Å². The Kier molecular flexibility index (Phi) is 3.24. The predicted octanol–water partition coefficient (Wildman–Crippen LogP) is -0.118. The molecule has 5 heteroatoms. The summed E-state index contributed by atoms with van der Waals surface area (Å²) in [4.78, 5) is 18.4. The van der Waals surface area contributed by atoms with Crippen molar-refractivity contribution in [3.05, 3.63) is 22.2 Å².